The third-order valence-electron chi connectivity index (χ3n) is 1.72. The highest BCUT2D eigenvalue weighted by molar-refractivity contribution is 5.74. The van der Waals surface area contributed by atoms with Crippen LogP contribution < -0.4 is 11.2 Å². The van der Waals surface area contributed by atoms with Crippen LogP contribution >= 0.6 is 0 Å². The topological polar surface area (TPSA) is 73.6 Å². The van der Waals surface area contributed by atoms with Gasteiger partial charge in [0.25, 0.3) is 0 Å². The molecule has 1 aliphatic rings. The summed E-state index contributed by atoms with van der Waals surface area (Å²) in [5, 5.41) is 0. The Hall–Kier alpha value is -0.650. The minimum atomic E-state index is -0.475. The molecule has 1 aliphatic heterocycles. The molecule has 1 amide bonds. The molecule has 0 unspecified atom stereocenters. The van der Waals surface area contributed by atoms with Crippen molar-refractivity contribution in [2.45, 2.75) is 6.92 Å². The lowest BCUT2D eigenvalue weighted by Crippen LogP contribution is -2.47. The molecule has 70 valence electrons. The van der Waals surface area contributed by atoms with Crippen molar-refractivity contribution in [3.8, 4) is 0 Å². The predicted molar refractivity (Wildman–Crippen MR) is 42.1 cm³/mol. The molecule has 5 heteroatoms. The number of amides is 1. The maximum absolute atomic E-state index is 10.2. The monoisotopic (exact) mass is 174 g/mol. The predicted octanol–water partition coefficient (Wildman–Crippen LogP) is -0.971. The lowest BCUT2D eigenvalue weighted by Gasteiger charge is -2.37. The number of primary amides is 1. The van der Waals surface area contributed by atoms with Crippen molar-refractivity contribution < 1.29 is 14.4 Å². The second-order valence-corrected chi connectivity index (χ2v) is 3.38. The van der Waals surface area contributed by atoms with E-state index in [-0.39, 0.29) is 12.0 Å². The van der Waals surface area contributed by atoms with Crippen LogP contribution in [0.15, 0.2) is 0 Å². The molecule has 5 nitrogen and oxygen atoms in total. The Morgan fingerprint density at radius 1 is 1.75 bits per heavy atom. The molecule has 0 aromatic rings. The van der Waals surface area contributed by atoms with Gasteiger partial charge in [0.05, 0.1) is 13.2 Å². The lowest BCUT2D eigenvalue weighted by molar-refractivity contribution is -0.134. The van der Waals surface area contributed by atoms with Gasteiger partial charge in [0.15, 0.2) is 0 Å². The standard InChI is InChI=1S/C7H14N2O3/c1-7(4-11-5-7)3-9-12-2-6(8)10/h9H,2-5H2,1H3,(H2,8,10). The molecule has 0 spiro atoms. The molecule has 1 saturated heterocycles. The van der Waals surface area contributed by atoms with Crippen LogP contribution in [-0.2, 0) is 14.4 Å². The molecule has 1 rings (SSSR count). The number of hydrogen-bond donors (Lipinski definition) is 2. The smallest absolute Gasteiger partial charge is 0.245 e. The molecule has 0 bridgehead atoms. The molecular weight excluding hydrogens is 160 g/mol. The van der Waals surface area contributed by atoms with Crippen LogP contribution in [0.25, 0.3) is 0 Å². The second-order valence-electron chi connectivity index (χ2n) is 3.38. The summed E-state index contributed by atoms with van der Waals surface area (Å²) in [6.45, 7) is 4.15. The SMILES string of the molecule is CC1(CNOCC(N)=O)COC1. The van der Waals surface area contributed by atoms with Gasteiger partial charge < -0.3 is 10.5 Å². The van der Waals surface area contributed by atoms with E-state index in [1.807, 2.05) is 0 Å². The van der Waals surface area contributed by atoms with E-state index in [2.05, 4.69) is 12.4 Å². The average molecular weight is 174 g/mol. The van der Waals surface area contributed by atoms with E-state index < -0.39 is 5.91 Å². The van der Waals surface area contributed by atoms with E-state index in [9.17, 15) is 4.79 Å². The Labute approximate surface area is 71.2 Å². The van der Waals surface area contributed by atoms with Crippen molar-refractivity contribution in [3.05, 3.63) is 0 Å². The van der Waals surface area contributed by atoms with Crippen LogP contribution in [0.2, 0.25) is 0 Å². The van der Waals surface area contributed by atoms with Gasteiger partial charge in [0.2, 0.25) is 5.91 Å². The number of hydroxylamine groups is 1. The summed E-state index contributed by atoms with van der Waals surface area (Å²) in [5.41, 5.74) is 7.69. The van der Waals surface area contributed by atoms with Gasteiger partial charge in [-0.05, 0) is 0 Å². The van der Waals surface area contributed by atoms with Crippen LogP contribution in [0.1, 0.15) is 6.92 Å². The Morgan fingerprint density at radius 3 is 2.83 bits per heavy atom. The number of nitrogens with two attached hydrogens (primary N) is 1. The van der Waals surface area contributed by atoms with Crippen LogP contribution in [-0.4, -0.2) is 32.3 Å². The first-order chi connectivity index (χ1) is 5.62. The fourth-order valence-electron chi connectivity index (χ4n) is 0.900. The minimum Gasteiger partial charge on any atom is -0.380 e. The van der Waals surface area contributed by atoms with Gasteiger partial charge in [-0.3, -0.25) is 9.63 Å². The van der Waals surface area contributed by atoms with Gasteiger partial charge in [-0.2, -0.15) is 0 Å². The minimum absolute atomic E-state index is 0.0864. The Morgan fingerprint density at radius 2 is 2.42 bits per heavy atom. The molecule has 0 aromatic heterocycles. The van der Waals surface area contributed by atoms with Crippen LogP contribution in [0, 0.1) is 5.41 Å². The first-order valence-electron chi connectivity index (χ1n) is 3.83. The van der Waals surface area contributed by atoms with E-state index in [0.29, 0.717) is 6.54 Å². The highest BCUT2D eigenvalue weighted by Crippen LogP contribution is 2.24. The lowest BCUT2D eigenvalue weighted by atomic mass is 9.89. The molecule has 0 saturated carbocycles. The molecular formula is C7H14N2O3. The van der Waals surface area contributed by atoms with Gasteiger partial charge in [0.1, 0.15) is 6.61 Å². The van der Waals surface area contributed by atoms with Crippen molar-refractivity contribution in [1.29, 1.82) is 0 Å². The zero-order chi connectivity index (χ0) is 9.03. The quantitative estimate of drug-likeness (QED) is 0.415. The zero-order valence-corrected chi connectivity index (χ0v) is 7.13. The van der Waals surface area contributed by atoms with Crippen molar-refractivity contribution >= 4 is 5.91 Å². The number of hydrogen-bond acceptors (Lipinski definition) is 4. The molecule has 1 heterocycles. The molecule has 3 N–H and O–H groups in total. The van der Waals surface area contributed by atoms with Gasteiger partial charge in [0, 0.05) is 12.0 Å². The molecule has 0 aromatic carbocycles. The molecule has 0 atom stereocenters. The molecule has 12 heavy (non-hydrogen) atoms. The van der Waals surface area contributed by atoms with E-state index in [4.69, 9.17) is 15.3 Å². The molecule has 1 fully saturated rings. The normalized spacial score (nSPS) is 20.1. The third-order valence-corrected chi connectivity index (χ3v) is 1.72. The van der Waals surface area contributed by atoms with Gasteiger partial charge in [-0.15, -0.1) is 0 Å². The summed E-state index contributed by atoms with van der Waals surface area (Å²) in [5.74, 6) is -0.475. The number of carbonyl (C=O) groups excluding carboxylic acids is 1. The Balaban J connectivity index is 1.98. The van der Waals surface area contributed by atoms with Gasteiger partial charge >= 0.3 is 0 Å². The number of rotatable bonds is 5. The Kier molecular flexibility index (Phi) is 3.02. The fourth-order valence-corrected chi connectivity index (χ4v) is 0.900. The number of nitrogens with one attached hydrogen (secondary N) is 1. The summed E-state index contributed by atoms with van der Waals surface area (Å²) < 4.78 is 5.03. The fraction of sp³-hybridized carbons (Fsp3) is 0.857. The molecule has 0 aliphatic carbocycles. The number of ether oxygens (including phenoxy) is 1. The number of carbonyl (C=O) groups is 1. The summed E-state index contributed by atoms with van der Waals surface area (Å²) >= 11 is 0. The summed E-state index contributed by atoms with van der Waals surface area (Å²) in [6.07, 6.45) is 0. The van der Waals surface area contributed by atoms with E-state index in [1.54, 1.807) is 0 Å². The van der Waals surface area contributed by atoms with Crippen LogP contribution in [0.3, 0.4) is 0 Å². The first-order valence-corrected chi connectivity index (χ1v) is 3.83. The van der Waals surface area contributed by atoms with E-state index in [1.165, 1.54) is 0 Å². The second kappa shape index (κ2) is 3.84. The zero-order valence-electron chi connectivity index (χ0n) is 7.13. The largest absolute Gasteiger partial charge is 0.380 e. The van der Waals surface area contributed by atoms with Crippen molar-refractivity contribution in [1.82, 2.24) is 5.48 Å². The van der Waals surface area contributed by atoms with E-state index >= 15 is 0 Å². The van der Waals surface area contributed by atoms with Crippen molar-refractivity contribution in [2.24, 2.45) is 11.1 Å². The Bertz CT molecular complexity index is 168. The summed E-state index contributed by atoms with van der Waals surface area (Å²) in [6, 6.07) is 0. The average Bonchev–Trinajstić information content (AvgIpc) is 1.94. The summed E-state index contributed by atoms with van der Waals surface area (Å²) in [4.78, 5) is 15.0. The molecule has 0 radical (unpaired) electrons. The first kappa shape index (κ1) is 9.44. The summed E-state index contributed by atoms with van der Waals surface area (Å²) in [7, 11) is 0. The third kappa shape index (κ3) is 2.77. The van der Waals surface area contributed by atoms with E-state index in [0.717, 1.165) is 13.2 Å². The van der Waals surface area contributed by atoms with Crippen LogP contribution in [0.5, 0.6) is 0 Å². The van der Waals surface area contributed by atoms with Crippen molar-refractivity contribution in [2.75, 3.05) is 26.4 Å². The van der Waals surface area contributed by atoms with Gasteiger partial charge in [-0.25, -0.2) is 5.48 Å². The van der Waals surface area contributed by atoms with Gasteiger partial charge in [-0.1, -0.05) is 6.92 Å². The van der Waals surface area contributed by atoms with Crippen LogP contribution in [0.4, 0.5) is 0 Å². The maximum Gasteiger partial charge on any atom is 0.245 e. The van der Waals surface area contributed by atoms with Crippen molar-refractivity contribution in [3.63, 3.8) is 0 Å². The highest BCUT2D eigenvalue weighted by atomic mass is 16.6. The highest BCUT2D eigenvalue weighted by Gasteiger charge is 2.32. The maximum atomic E-state index is 10.2.